The predicted octanol–water partition coefficient (Wildman–Crippen LogP) is 6.14. The first kappa shape index (κ1) is 18.1. The van der Waals surface area contributed by atoms with E-state index in [0.29, 0.717) is 11.3 Å². The zero-order valence-electron chi connectivity index (χ0n) is 17.4. The van der Waals surface area contributed by atoms with Crippen LogP contribution in [0.3, 0.4) is 0 Å². The molecule has 0 aliphatic heterocycles. The van der Waals surface area contributed by atoms with Gasteiger partial charge in [0.2, 0.25) is 0 Å². The molecule has 0 spiro atoms. The predicted molar refractivity (Wildman–Crippen MR) is 121 cm³/mol. The summed E-state index contributed by atoms with van der Waals surface area (Å²) in [6, 6.07) is 16.1. The third kappa shape index (κ3) is 2.88. The Morgan fingerprint density at radius 3 is 2.45 bits per heavy atom. The van der Waals surface area contributed by atoms with Crippen molar-refractivity contribution in [2.75, 3.05) is 0 Å². The molecule has 5 heteroatoms. The van der Waals surface area contributed by atoms with E-state index in [0.717, 1.165) is 41.3 Å². The van der Waals surface area contributed by atoms with Crippen LogP contribution in [-0.2, 0) is 12.8 Å². The molecule has 2 heterocycles. The molecule has 0 unspecified atom stereocenters. The first-order valence-electron chi connectivity index (χ1n) is 10.5. The van der Waals surface area contributed by atoms with Gasteiger partial charge in [0.15, 0.2) is 0 Å². The molecule has 0 amide bonds. The molecule has 2 N–H and O–H groups in total. The van der Waals surface area contributed by atoms with E-state index in [-0.39, 0.29) is 5.82 Å². The van der Waals surface area contributed by atoms with Crippen molar-refractivity contribution in [1.82, 2.24) is 19.9 Å². The first-order valence-corrected chi connectivity index (χ1v) is 10.5. The highest BCUT2D eigenvalue weighted by Crippen LogP contribution is 2.38. The normalized spacial score (nSPS) is 12.7. The van der Waals surface area contributed by atoms with Gasteiger partial charge in [0.25, 0.3) is 0 Å². The lowest BCUT2D eigenvalue weighted by Gasteiger charge is -2.18. The van der Waals surface area contributed by atoms with Gasteiger partial charge in [0, 0.05) is 16.8 Å². The van der Waals surface area contributed by atoms with Gasteiger partial charge >= 0.3 is 0 Å². The molecule has 0 atom stereocenters. The molecule has 0 saturated carbocycles. The lowest BCUT2D eigenvalue weighted by Crippen LogP contribution is -2.04. The number of rotatable bonds is 2. The molecule has 0 fully saturated rings. The van der Waals surface area contributed by atoms with Crippen LogP contribution >= 0.6 is 0 Å². The average Bonchev–Trinajstić information content (AvgIpc) is 3.37. The number of imidazole rings is 2. The van der Waals surface area contributed by atoms with Crippen molar-refractivity contribution in [3.8, 4) is 33.6 Å². The van der Waals surface area contributed by atoms with Gasteiger partial charge in [0.1, 0.15) is 17.5 Å². The van der Waals surface area contributed by atoms with Crippen LogP contribution in [0.2, 0.25) is 0 Å². The Bertz CT molecular complexity index is 1470. The molecule has 6 rings (SSSR count). The maximum absolute atomic E-state index is 14.9. The molecule has 31 heavy (non-hydrogen) atoms. The maximum Gasteiger partial charge on any atom is 0.133 e. The lowest BCUT2D eigenvalue weighted by atomic mass is 9.87. The van der Waals surface area contributed by atoms with Crippen LogP contribution in [0.25, 0.3) is 44.4 Å². The zero-order chi connectivity index (χ0) is 21.1. The van der Waals surface area contributed by atoms with Crippen LogP contribution in [0, 0.1) is 19.7 Å². The summed E-state index contributed by atoms with van der Waals surface area (Å²) < 4.78 is 14.9. The monoisotopic (exact) mass is 408 g/mol. The highest BCUT2D eigenvalue weighted by Gasteiger charge is 2.21. The molecule has 152 valence electrons. The van der Waals surface area contributed by atoms with Gasteiger partial charge in [-0.2, -0.15) is 0 Å². The smallest absolute Gasteiger partial charge is 0.133 e. The van der Waals surface area contributed by atoms with Gasteiger partial charge in [0.05, 0.1) is 17.6 Å². The molecule has 1 aliphatic rings. The SMILES string of the molecule is Cc1ncc(-c2ccc(-c3ccc4c5c(ccc4c3)-c3nc(C)[nH]c3CC5)cc2F)[nH]1. The molecule has 3 aromatic carbocycles. The minimum atomic E-state index is -0.256. The second kappa shape index (κ2) is 6.64. The largest absolute Gasteiger partial charge is 0.346 e. The molecule has 1 aliphatic carbocycles. The summed E-state index contributed by atoms with van der Waals surface area (Å²) in [7, 11) is 0. The number of hydrogen-bond donors (Lipinski definition) is 2. The molecule has 0 bridgehead atoms. The van der Waals surface area contributed by atoms with Crippen molar-refractivity contribution < 1.29 is 4.39 Å². The zero-order valence-corrected chi connectivity index (χ0v) is 17.4. The quantitative estimate of drug-likeness (QED) is 0.368. The molecular formula is C26H21FN4. The molecule has 5 aromatic rings. The van der Waals surface area contributed by atoms with Gasteiger partial charge < -0.3 is 9.97 Å². The summed E-state index contributed by atoms with van der Waals surface area (Å²) >= 11 is 0. The second-order valence-electron chi connectivity index (χ2n) is 8.25. The summed E-state index contributed by atoms with van der Waals surface area (Å²) in [6.07, 6.45) is 3.64. The lowest BCUT2D eigenvalue weighted by molar-refractivity contribution is 0.631. The minimum absolute atomic E-state index is 0.256. The summed E-state index contributed by atoms with van der Waals surface area (Å²) in [5.41, 5.74) is 7.97. The Kier molecular flexibility index (Phi) is 3.87. The van der Waals surface area contributed by atoms with E-state index in [4.69, 9.17) is 4.98 Å². The van der Waals surface area contributed by atoms with E-state index in [1.807, 2.05) is 26.0 Å². The third-order valence-corrected chi connectivity index (χ3v) is 6.20. The number of nitrogens with zero attached hydrogens (tertiary/aromatic N) is 2. The summed E-state index contributed by atoms with van der Waals surface area (Å²) in [5.74, 6) is 1.48. The third-order valence-electron chi connectivity index (χ3n) is 6.20. The van der Waals surface area contributed by atoms with E-state index >= 15 is 0 Å². The van der Waals surface area contributed by atoms with Gasteiger partial charge in [-0.25, -0.2) is 14.4 Å². The second-order valence-corrected chi connectivity index (χ2v) is 8.25. The Morgan fingerprint density at radius 1 is 0.839 bits per heavy atom. The van der Waals surface area contributed by atoms with Crippen LogP contribution in [0.1, 0.15) is 22.9 Å². The average molecular weight is 408 g/mol. The Labute approximate surface area is 179 Å². The van der Waals surface area contributed by atoms with Gasteiger partial charge in [-0.3, -0.25) is 0 Å². The van der Waals surface area contributed by atoms with Gasteiger partial charge in [-0.05, 0) is 72.4 Å². The van der Waals surface area contributed by atoms with Crippen molar-refractivity contribution in [2.45, 2.75) is 26.7 Å². The first-order chi connectivity index (χ1) is 15.1. The fourth-order valence-electron chi connectivity index (χ4n) is 4.73. The Balaban J connectivity index is 1.42. The van der Waals surface area contributed by atoms with E-state index in [1.165, 1.54) is 27.6 Å². The number of benzene rings is 3. The molecule has 2 aromatic heterocycles. The molecular weight excluding hydrogens is 387 g/mol. The van der Waals surface area contributed by atoms with E-state index < -0.39 is 0 Å². The highest BCUT2D eigenvalue weighted by molar-refractivity contribution is 5.95. The Morgan fingerprint density at radius 2 is 1.65 bits per heavy atom. The highest BCUT2D eigenvalue weighted by atomic mass is 19.1. The van der Waals surface area contributed by atoms with Crippen LogP contribution in [0.15, 0.2) is 54.7 Å². The van der Waals surface area contributed by atoms with E-state index in [2.05, 4.69) is 45.3 Å². The molecule has 0 saturated heterocycles. The van der Waals surface area contributed by atoms with Crippen LogP contribution < -0.4 is 0 Å². The van der Waals surface area contributed by atoms with Crippen molar-refractivity contribution in [3.05, 3.63) is 83.5 Å². The van der Waals surface area contributed by atoms with Crippen LogP contribution in [-0.4, -0.2) is 19.9 Å². The number of hydrogen-bond acceptors (Lipinski definition) is 2. The Hall–Kier alpha value is -3.73. The van der Waals surface area contributed by atoms with Crippen molar-refractivity contribution in [2.24, 2.45) is 0 Å². The van der Waals surface area contributed by atoms with Crippen molar-refractivity contribution in [3.63, 3.8) is 0 Å². The van der Waals surface area contributed by atoms with E-state index in [9.17, 15) is 4.39 Å². The van der Waals surface area contributed by atoms with Gasteiger partial charge in [-0.15, -0.1) is 0 Å². The molecule has 4 nitrogen and oxygen atoms in total. The number of aromatic nitrogens is 4. The van der Waals surface area contributed by atoms with Gasteiger partial charge in [-0.1, -0.05) is 30.3 Å². The number of aryl methyl sites for hydroxylation is 4. The van der Waals surface area contributed by atoms with Crippen molar-refractivity contribution in [1.29, 1.82) is 0 Å². The van der Waals surface area contributed by atoms with Crippen LogP contribution in [0.5, 0.6) is 0 Å². The molecule has 0 radical (unpaired) electrons. The van der Waals surface area contributed by atoms with Crippen LogP contribution in [0.4, 0.5) is 4.39 Å². The summed E-state index contributed by atoms with van der Waals surface area (Å²) in [5, 5.41) is 2.42. The topological polar surface area (TPSA) is 57.4 Å². The number of H-pyrrole nitrogens is 2. The standard InChI is InChI=1S/C26H21FN4/c1-14-28-13-25(29-14)22-8-4-17(12-23(22)27)16-3-6-19-18(11-16)5-7-21-20(19)9-10-24-26(21)31-15(2)30-24/h3-8,11-13H,9-10H2,1-2H3,(H,28,29)(H,30,31). The number of halogens is 1. The number of nitrogens with one attached hydrogen (secondary N) is 2. The van der Waals surface area contributed by atoms with Crippen molar-refractivity contribution >= 4 is 10.8 Å². The minimum Gasteiger partial charge on any atom is -0.346 e. The summed E-state index contributed by atoms with van der Waals surface area (Å²) in [6.45, 7) is 3.86. The number of fused-ring (bicyclic) bond motifs is 5. The fraction of sp³-hybridized carbons (Fsp3) is 0.154. The fourth-order valence-corrected chi connectivity index (χ4v) is 4.73. The van der Waals surface area contributed by atoms with E-state index in [1.54, 1.807) is 12.3 Å². The maximum atomic E-state index is 14.9. The number of aromatic amines is 2. The summed E-state index contributed by atoms with van der Waals surface area (Å²) in [4.78, 5) is 15.4.